The van der Waals surface area contributed by atoms with Gasteiger partial charge in [-0.15, -0.1) is 0 Å². The van der Waals surface area contributed by atoms with Gasteiger partial charge in [0.05, 0.1) is 10.6 Å². The SMILES string of the molecule is O=C(c1ccc(Cl)cc1)c1cc(C(F)(F)F)ccc1Cl. The Kier molecular flexibility index (Phi) is 4.06. The molecule has 0 fully saturated rings. The smallest absolute Gasteiger partial charge is 0.289 e. The second-order valence-electron chi connectivity index (χ2n) is 4.03. The average Bonchev–Trinajstić information content (AvgIpc) is 2.38. The van der Waals surface area contributed by atoms with Crippen molar-refractivity contribution < 1.29 is 18.0 Å². The monoisotopic (exact) mass is 318 g/mol. The molecular weight excluding hydrogens is 312 g/mol. The van der Waals surface area contributed by atoms with E-state index in [-0.39, 0.29) is 16.1 Å². The molecule has 0 N–H and O–H groups in total. The molecule has 0 aliphatic carbocycles. The molecule has 2 aromatic rings. The minimum absolute atomic E-state index is 0.0297. The zero-order valence-corrected chi connectivity index (χ0v) is 11.4. The van der Waals surface area contributed by atoms with Crippen molar-refractivity contribution in [1.29, 1.82) is 0 Å². The van der Waals surface area contributed by atoms with Crippen LogP contribution in [0.25, 0.3) is 0 Å². The Morgan fingerprint density at radius 3 is 2.10 bits per heavy atom. The largest absolute Gasteiger partial charge is 0.416 e. The van der Waals surface area contributed by atoms with Gasteiger partial charge in [-0.25, -0.2) is 0 Å². The molecule has 0 bridgehead atoms. The summed E-state index contributed by atoms with van der Waals surface area (Å²) in [5.74, 6) is -0.585. The van der Waals surface area contributed by atoms with Crippen LogP contribution in [0.4, 0.5) is 13.2 Å². The van der Waals surface area contributed by atoms with Gasteiger partial charge in [0.2, 0.25) is 0 Å². The van der Waals surface area contributed by atoms with E-state index in [1.807, 2.05) is 0 Å². The predicted molar refractivity (Wildman–Crippen MR) is 71.3 cm³/mol. The third kappa shape index (κ3) is 3.14. The average molecular weight is 319 g/mol. The third-order valence-electron chi connectivity index (χ3n) is 2.64. The lowest BCUT2D eigenvalue weighted by Gasteiger charge is -2.10. The van der Waals surface area contributed by atoms with Gasteiger partial charge in [-0.2, -0.15) is 13.2 Å². The molecule has 0 atom stereocenters. The lowest BCUT2D eigenvalue weighted by Crippen LogP contribution is -2.08. The first-order valence-electron chi connectivity index (χ1n) is 5.46. The van der Waals surface area contributed by atoms with Crippen molar-refractivity contribution in [3.05, 3.63) is 69.2 Å². The Hall–Kier alpha value is -1.52. The molecule has 2 rings (SSSR count). The van der Waals surface area contributed by atoms with E-state index >= 15 is 0 Å². The van der Waals surface area contributed by atoms with E-state index in [0.29, 0.717) is 5.02 Å². The number of hydrogen-bond donors (Lipinski definition) is 0. The molecule has 6 heteroatoms. The number of hydrogen-bond acceptors (Lipinski definition) is 1. The van der Waals surface area contributed by atoms with Gasteiger partial charge >= 0.3 is 6.18 Å². The van der Waals surface area contributed by atoms with Crippen LogP contribution in [0.5, 0.6) is 0 Å². The highest BCUT2D eigenvalue weighted by atomic mass is 35.5. The highest BCUT2D eigenvalue weighted by molar-refractivity contribution is 6.35. The highest BCUT2D eigenvalue weighted by Gasteiger charge is 2.31. The van der Waals surface area contributed by atoms with Crippen LogP contribution >= 0.6 is 23.2 Å². The zero-order chi connectivity index (χ0) is 14.9. The summed E-state index contributed by atoms with van der Waals surface area (Å²) in [5, 5.41) is 0.398. The molecule has 2 aromatic carbocycles. The quantitative estimate of drug-likeness (QED) is 0.692. The van der Waals surface area contributed by atoms with E-state index in [9.17, 15) is 18.0 Å². The van der Waals surface area contributed by atoms with Gasteiger partial charge in [0.15, 0.2) is 5.78 Å². The van der Waals surface area contributed by atoms with Crippen molar-refractivity contribution in [2.45, 2.75) is 6.18 Å². The predicted octanol–water partition coefficient (Wildman–Crippen LogP) is 5.24. The summed E-state index contributed by atoms with van der Waals surface area (Å²) in [4.78, 5) is 12.2. The Morgan fingerprint density at radius 2 is 1.55 bits per heavy atom. The standard InChI is InChI=1S/C14H7Cl2F3O/c15-10-4-1-8(2-5-10)13(20)11-7-9(14(17,18)19)3-6-12(11)16/h1-7H. The molecule has 0 aliphatic rings. The van der Waals surface area contributed by atoms with E-state index in [2.05, 4.69) is 0 Å². The molecule has 0 saturated carbocycles. The highest BCUT2D eigenvalue weighted by Crippen LogP contribution is 2.32. The fourth-order valence-corrected chi connectivity index (χ4v) is 1.96. The lowest BCUT2D eigenvalue weighted by atomic mass is 10.0. The van der Waals surface area contributed by atoms with Crippen molar-refractivity contribution in [1.82, 2.24) is 0 Å². The van der Waals surface area contributed by atoms with E-state index in [1.165, 1.54) is 24.3 Å². The summed E-state index contributed by atoms with van der Waals surface area (Å²) < 4.78 is 37.9. The first kappa shape index (κ1) is 14.9. The number of benzene rings is 2. The van der Waals surface area contributed by atoms with Crippen LogP contribution in [0.1, 0.15) is 21.5 Å². The Morgan fingerprint density at radius 1 is 0.950 bits per heavy atom. The van der Waals surface area contributed by atoms with Crippen LogP contribution in [-0.2, 0) is 6.18 Å². The van der Waals surface area contributed by atoms with E-state index in [0.717, 1.165) is 18.2 Å². The van der Waals surface area contributed by atoms with Crippen molar-refractivity contribution in [3.8, 4) is 0 Å². The van der Waals surface area contributed by atoms with Gasteiger partial charge in [0.25, 0.3) is 0 Å². The number of carbonyl (C=O) groups is 1. The second kappa shape index (κ2) is 5.46. The summed E-state index contributed by atoms with van der Waals surface area (Å²) >= 11 is 11.5. The van der Waals surface area contributed by atoms with Crippen LogP contribution < -0.4 is 0 Å². The molecule has 0 saturated heterocycles. The Balaban J connectivity index is 2.46. The number of carbonyl (C=O) groups excluding carboxylic acids is 1. The van der Waals surface area contributed by atoms with Gasteiger partial charge in [0, 0.05) is 16.1 Å². The molecule has 0 aromatic heterocycles. The van der Waals surface area contributed by atoms with Gasteiger partial charge in [-0.1, -0.05) is 23.2 Å². The molecule has 0 heterocycles. The van der Waals surface area contributed by atoms with E-state index in [1.54, 1.807) is 0 Å². The normalized spacial score (nSPS) is 11.4. The summed E-state index contributed by atoms with van der Waals surface area (Å²) in [6, 6.07) is 8.48. The van der Waals surface area contributed by atoms with Crippen LogP contribution in [0.15, 0.2) is 42.5 Å². The van der Waals surface area contributed by atoms with Crippen LogP contribution in [0.3, 0.4) is 0 Å². The third-order valence-corrected chi connectivity index (χ3v) is 3.23. The Labute approximate surface area is 122 Å². The van der Waals surface area contributed by atoms with E-state index < -0.39 is 17.5 Å². The molecule has 0 radical (unpaired) electrons. The topological polar surface area (TPSA) is 17.1 Å². The maximum absolute atomic E-state index is 12.6. The number of alkyl halides is 3. The van der Waals surface area contributed by atoms with Crippen molar-refractivity contribution in [2.24, 2.45) is 0 Å². The van der Waals surface area contributed by atoms with Crippen LogP contribution in [-0.4, -0.2) is 5.78 Å². The maximum Gasteiger partial charge on any atom is 0.416 e. The molecule has 0 amide bonds. The molecule has 0 unspecified atom stereocenters. The van der Waals surface area contributed by atoms with Crippen molar-refractivity contribution >= 4 is 29.0 Å². The Bertz CT molecular complexity index is 648. The molecule has 104 valence electrons. The number of halogens is 5. The summed E-state index contributed by atoms with van der Waals surface area (Å²) in [6.45, 7) is 0. The van der Waals surface area contributed by atoms with Gasteiger partial charge in [0.1, 0.15) is 0 Å². The summed E-state index contributed by atoms with van der Waals surface area (Å²) in [7, 11) is 0. The number of ketones is 1. The molecule has 1 nitrogen and oxygen atoms in total. The van der Waals surface area contributed by atoms with Crippen LogP contribution in [0.2, 0.25) is 10.0 Å². The molecule has 20 heavy (non-hydrogen) atoms. The molecule has 0 aliphatic heterocycles. The fourth-order valence-electron chi connectivity index (χ4n) is 1.63. The molecule has 0 spiro atoms. The van der Waals surface area contributed by atoms with Crippen LogP contribution in [0, 0.1) is 0 Å². The maximum atomic E-state index is 12.6. The zero-order valence-electron chi connectivity index (χ0n) is 9.84. The fraction of sp³-hybridized carbons (Fsp3) is 0.0714. The van der Waals surface area contributed by atoms with Gasteiger partial charge < -0.3 is 0 Å². The minimum Gasteiger partial charge on any atom is -0.289 e. The first-order valence-corrected chi connectivity index (χ1v) is 6.21. The van der Waals surface area contributed by atoms with Crippen molar-refractivity contribution in [3.63, 3.8) is 0 Å². The van der Waals surface area contributed by atoms with E-state index in [4.69, 9.17) is 23.2 Å². The summed E-state index contributed by atoms with van der Waals surface area (Å²) in [6.07, 6.45) is -4.53. The van der Waals surface area contributed by atoms with Crippen molar-refractivity contribution in [2.75, 3.05) is 0 Å². The molecular formula is C14H7Cl2F3O. The number of rotatable bonds is 2. The first-order chi connectivity index (χ1) is 9.29. The van der Waals surface area contributed by atoms with Gasteiger partial charge in [-0.3, -0.25) is 4.79 Å². The van der Waals surface area contributed by atoms with Gasteiger partial charge in [-0.05, 0) is 42.5 Å². The lowest BCUT2D eigenvalue weighted by molar-refractivity contribution is -0.137. The summed E-state index contributed by atoms with van der Waals surface area (Å²) in [5.41, 5.74) is -0.890. The minimum atomic E-state index is -4.53. The second-order valence-corrected chi connectivity index (χ2v) is 4.87.